The summed E-state index contributed by atoms with van der Waals surface area (Å²) < 4.78 is 20.0. The Hall–Kier alpha value is -2.33. The molecule has 132 valence electrons. The minimum Gasteiger partial charge on any atom is -0.394 e. The molecule has 0 amide bonds. The van der Waals surface area contributed by atoms with Gasteiger partial charge < -0.3 is 14.9 Å². The van der Waals surface area contributed by atoms with E-state index < -0.39 is 36.4 Å². The Morgan fingerprint density at radius 1 is 1.20 bits per heavy atom. The molecule has 0 saturated heterocycles. The molecule has 0 fully saturated rings. The lowest BCUT2D eigenvalue weighted by Crippen LogP contribution is -2.33. The first kappa shape index (κ1) is 17.5. The Labute approximate surface area is 144 Å². The van der Waals surface area contributed by atoms with Crippen molar-refractivity contribution >= 4 is 21.6 Å². The van der Waals surface area contributed by atoms with Crippen LogP contribution in [0, 0.1) is 5.82 Å². The van der Waals surface area contributed by atoms with E-state index in [9.17, 15) is 14.0 Å². The Morgan fingerprint density at radius 3 is 2.52 bits per heavy atom. The topological polar surface area (TPSA) is 105 Å². The summed E-state index contributed by atoms with van der Waals surface area (Å²) >= 11 is 1.16. The van der Waals surface area contributed by atoms with Gasteiger partial charge in [-0.15, -0.1) is 11.3 Å². The second kappa shape index (κ2) is 7.28. The summed E-state index contributed by atoms with van der Waals surface area (Å²) in [6.07, 6.45) is -0.846. The zero-order valence-corrected chi connectivity index (χ0v) is 13.8. The molecule has 25 heavy (non-hydrogen) atoms. The predicted molar refractivity (Wildman–Crippen MR) is 91.1 cm³/mol. The molecule has 0 atom stereocenters. The molecule has 7 nitrogen and oxygen atoms in total. The van der Waals surface area contributed by atoms with Crippen LogP contribution in [0.25, 0.3) is 21.3 Å². The summed E-state index contributed by atoms with van der Waals surface area (Å²) in [4.78, 5) is 26.5. The lowest BCUT2D eigenvalue weighted by molar-refractivity contribution is -0.0498. The molecule has 1 aromatic carbocycles. The van der Waals surface area contributed by atoms with Gasteiger partial charge in [0, 0.05) is 10.9 Å². The van der Waals surface area contributed by atoms with Gasteiger partial charge in [-0.25, -0.2) is 9.18 Å². The van der Waals surface area contributed by atoms with Crippen LogP contribution >= 0.6 is 11.3 Å². The Balaban J connectivity index is 2.15. The molecule has 0 radical (unpaired) electrons. The number of aliphatic hydroxyl groups is 2. The van der Waals surface area contributed by atoms with Crippen molar-refractivity contribution in [3.8, 4) is 11.1 Å². The van der Waals surface area contributed by atoms with Crippen molar-refractivity contribution in [2.45, 2.75) is 12.8 Å². The fourth-order valence-electron chi connectivity index (χ4n) is 2.40. The fraction of sp³-hybridized carbons (Fsp3) is 0.250. The molecular formula is C16H15FN2O5S. The average Bonchev–Trinajstić information content (AvgIpc) is 3.04. The number of nitrogens with zero attached hydrogens (tertiary/aromatic N) is 1. The molecule has 0 unspecified atom stereocenters. The number of hydrogen-bond acceptors (Lipinski definition) is 6. The van der Waals surface area contributed by atoms with Crippen molar-refractivity contribution in [1.29, 1.82) is 0 Å². The van der Waals surface area contributed by atoms with Gasteiger partial charge in [0.05, 0.1) is 18.7 Å². The third-order valence-corrected chi connectivity index (χ3v) is 4.68. The molecule has 2 heterocycles. The van der Waals surface area contributed by atoms with Crippen molar-refractivity contribution in [2.24, 2.45) is 0 Å². The van der Waals surface area contributed by atoms with Crippen LogP contribution in [0.4, 0.5) is 4.39 Å². The number of aliphatic hydroxyl groups excluding tert-OH is 2. The minimum absolute atomic E-state index is 0.261. The van der Waals surface area contributed by atoms with E-state index in [4.69, 9.17) is 14.9 Å². The van der Waals surface area contributed by atoms with Crippen molar-refractivity contribution in [3.05, 3.63) is 56.3 Å². The Bertz CT molecular complexity index is 988. The van der Waals surface area contributed by atoms with Crippen molar-refractivity contribution in [1.82, 2.24) is 9.55 Å². The molecular weight excluding hydrogens is 351 g/mol. The summed E-state index contributed by atoms with van der Waals surface area (Å²) in [6, 6.07) is 5.69. The number of H-pyrrole nitrogens is 1. The summed E-state index contributed by atoms with van der Waals surface area (Å²) in [5, 5.41) is 19.9. The van der Waals surface area contributed by atoms with Gasteiger partial charge in [-0.2, -0.15) is 0 Å². The highest BCUT2D eigenvalue weighted by Crippen LogP contribution is 2.31. The number of aromatic nitrogens is 2. The van der Waals surface area contributed by atoms with Gasteiger partial charge in [-0.1, -0.05) is 12.1 Å². The fourth-order valence-corrected chi connectivity index (χ4v) is 3.38. The number of benzene rings is 1. The highest BCUT2D eigenvalue weighted by Gasteiger charge is 2.17. The average molecular weight is 366 g/mol. The monoisotopic (exact) mass is 366 g/mol. The molecule has 0 saturated carbocycles. The highest BCUT2D eigenvalue weighted by molar-refractivity contribution is 7.17. The first-order valence-electron chi connectivity index (χ1n) is 7.38. The van der Waals surface area contributed by atoms with Crippen LogP contribution in [-0.2, 0) is 11.5 Å². The van der Waals surface area contributed by atoms with E-state index in [1.807, 2.05) is 0 Å². The number of ether oxygens (including phenoxy) is 1. The molecule has 0 aliphatic carbocycles. The van der Waals surface area contributed by atoms with Gasteiger partial charge in [0.25, 0.3) is 5.56 Å². The molecule has 0 aliphatic heterocycles. The van der Waals surface area contributed by atoms with Crippen LogP contribution in [0.1, 0.15) is 0 Å². The lowest BCUT2D eigenvalue weighted by Gasteiger charge is -2.15. The lowest BCUT2D eigenvalue weighted by atomic mass is 10.1. The highest BCUT2D eigenvalue weighted by atomic mass is 32.1. The van der Waals surface area contributed by atoms with Crippen LogP contribution in [0.15, 0.2) is 39.2 Å². The number of thiophene rings is 1. The van der Waals surface area contributed by atoms with E-state index in [0.29, 0.717) is 21.3 Å². The molecule has 0 aliphatic rings. The molecule has 9 heteroatoms. The largest absolute Gasteiger partial charge is 0.394 e. The summed E-state index contributed by atoms with van der Waals surface area (Å²) in [5.41, 5.74) is 0.410. The van der Waals surface area contributed by atoms with E-state index in [2.05, 4.69) is 4.98 Å². The van der Waals surface area contributed by atoms with Crippen LogP contribution in [-0.4, -0.2) is 39.1 Å². The zero-order chi connectivity index (χ0) is 18.0. The summed E-state index contributed by atoms with van der Waals surface area (Å²) in [7, 11) is 0. The van der Waals surface area contributed by atoms with E-state index in [-0.39, 0.29) is 6.73 Å². The molecule has 3 rings (SSSR count). The maximum Gasteiger partial charge on any atom is 0.330 e. The van der Waals surface area contributed by atoms with Gasteiger partial charge in [0.2, 0.25) is 0 Å². The van der Waals surface area contributed by atoms with Crippen LogP contribution in [0.2, 0.25) is 0 Å². The first-order valence-corrected chi connectivity index (χ1v) is 8.26. The summed E-state index contributed by atoms with van der Waals surface area (Å²) in [6.45, 7) is -1.08. The third kappa shape index (κ3) is 3.40. The standard InChI is InChI=1S/C16H15FN2O5S/c17-10-3-1-9(2-4-10)12-7-25-14-13(12)19(16(23)18-15(14)22)8-24-11(5-20)6-21/h1-4,7,11,20-21H,5-6,8H2,(H,18,22,23). The quantitative estimate of drug-likeness (QED) is 0.601. The van der Waals surface area contributed by atoms with Gasteiger partial charge >= 0.3 is 5.69 Å². The van der Waals surface area contributed by atoms with Crippen LogP contribution < -0.4 is 11.2 Å². The van der Waals surface area contributed by atoms with E-state index >= 15 is 0 Å². The number of hydrogen-bond donors (Lipinski definition) is 3. The normalized spacial score (nSPS) is 11.5. The molecule has 3 N–H and O–H groups in total. The van der Waals surface area contributed by atoms with E-state index in [1.54, 1.807) is 17.5 Å². The number of nitrogens with one attached hydrogen (secondary N) is 1. The van der Waals surface area contributed by atoms with Crippen LogP contribution in [0.3, 0.4) is 0 Å². The van der Waals surface area contributed by atoms with Gasteiger partial charge in [-0.05, 0) is 17.7 Å². The van der Waals surface area contributed by atoms with E-state index in [1.165, 1.54) is 16.7 Å². The number of rotatable bonds is 6. The van der Waals surface area contributed by atoms with Crippen molar-refractivity contribution in [2.75, 3.05) is 13.2 Å². The van der Waals surface area contributed by atoms with Crippen molar-refractivity contribution < 1.29 is 19.3 Å². The Morgan fingerprint density at radius 2 is 1.88 bits per heavy atom. The second-order valence-corrected chi connectivity index (χ2v) is 6.18. The maximum atomic E-state index is 13.2. The number of fused-ring (bicyclic) bond motifs is 1. The maximum absolute atomic E-state index is 13.2. The number of aromatic amines is 1. The SMILES string of the molecule is O=c1[nH]c(=O)n(COC(CO)CO)c2c(-c3ccc(F)cc3)csc12. The third-order valence-electron chi connectivity index (χ3n) is 3.71. The van der Waals surface area contributed by atoms with Crippen LogP contribution in [0.5, 0.6) is 0 Å². The van der Waals surface area contributed by atoms with Gasteiger partial charge in [-0.3, -0.25) is 14.3 Å². The molecule has 0 bridgehead atoms. The Kier molecular flexibility index (Phi) is 5.09. The van der Waals surface area contributed by atoms with E-state index in [0.717, 1.165) is 11.3 Å². The second-order valence-electron chi connectivity index (χ2n) is 5.30. The molecule has 2 aromatic heterocycles. The van der Waals surface area contributed by atoms with Gasteiger partial charge in [0.15, 0.2) is 0 Å². The molecule has 0 spiro atoms. The zero-order valence-electron chi connectivity index (χ0n) is 12.9. The molecule has 3 aromatic rings. The first-order chi connectivity index (χ1) is 12.0. The smallest absolute Gasteiger partial charge is 0.330 e. The number of halogens is 1. The minimum atomic E-state index is -0.846. The van der Waals surface area contributed by atoms with Crippen molar-refractivity contribution in [3.63, 3.8) is 0 Å². The predicted octanol–water partition coefficient (Wildman–Crippen LogP) is 0.885. The van der Waals surface area contributed by atoms with Gasteiger partial charge in [0.1, 0.15) is 23.4 Å². The summed E-state index contributed by atoms with van der Waals surface area (Å²) in [5.74, 6) is -0.393.